The average Bonchev–Trinajstić information content (AvgIpc) is 2.29. The predicted molar refractivity (Wildman–Crippen MR) is 71.0 cm³/mol. The molecule has 1 aliphatic heterocycles. The maximum atomic E-state index is 6.12. The minimum absolute atomic E-state index is 0.263. The van der Waals surface area contributed by atoms with Gasteiger partial charge in [-0.15, -0.1) is 0 Å². The lowest BCUT2D eigenvalue weighted by atomic mass is 9.75. The summed E-state index contributed by atoms with van der Waals surface area (Å²) in [7, 11) is 0. The van der Waals surface area contributed by atoms with Gasteiger partial charge in [0.1, 0.15) is 0 Å². The summed E-state index contributed by atoms with van der Waals surface area (Å²) in [5, 5.41) is 0. The highest BCUT2D eigenvalue weighted by atomic mass is 16.5. The van der Waals surface area contributed by atoms with Gasteiger partial charge in [-0.25, -0.2) is 0 Å². The topological polar surface area (TPSA) is 38.5 Å². The van der Waals surface area contributed by atoms with Gasteiger partial charge in [0.05, 0.1) is 12.2 Å². The molecule has 100 valence electrons. The number of hydrogen-bond donors (Lipinski definition) is 1. The molecule has 0 radical (unpaired) electrons. The SMILES string of the molecule is CC1CCC(CN)(N2C[C@@H](C)O[C@@H](C)C2)CC1. The van der Waals surface area contributed by atoms with E-state index in [9.17, 15) is 0 Å². The first-order valence-electron chi connectivity index (χ1n) is 7.16. The van der Waals surface area contributed by atoms with Crippen LogP contribution in [0.2, 0.25) is 0 Å². The molecule has 2 fully saturated rings. The molecule has 0 spiro atoms. The summed E-state index contributed by atoms with van der Waals surface area (Å²) in [5.74, 6) is 0.880. The molecule has 0 aromatic carbocycles. The Morgan fingerprint density at radius 2 is 1.65 bits per heavy atom. The maximum Gasteiger partial charge on any atom is 0.0678 e. The predicted octanol–water partition coefficient (Wildman–Crippen LogP) is 2.00. The fraction of sp³-hybridized carbons (Fsp3) is 1.00. The Morgan fingerprint density at radius 1 is 1.12 bits per heavy atom. The van der Waals surface area contributed by atoms with E-state index in [1.165, 1.54) is 25.7 Å². The summed E-state index contributed by atoms with van der Waals surface area (Å²) < 4.78 is 5.84. The summed E-state index contributed by atoms with van der Waals surface area (Å²) in [6.07, 6.45) is 5.89. The van der Waals surface area contributed by atoms with Gasteiger partial charge in [-0.2, -0.15) is 0 Å². The van der Waals surface area contributed by atoms with Gasteiger partial charge in [0.2, 0.25) is 0 Å². The van der Waals surface area contributed by atoms with Crippen LogP contribution in [0, 0.1) is 5.92 Å². The van der Waals surface area contributed by atoms with E-state index in [0.29, 0.717) is 12.2 Å². The Morgan fingerprint density at radius 3 is 2.12 bits per heavy atom. The lowest BCUT2D eigenvalue weighted by Gasteiger charge is -2.51. The van der Waals surface area contributed by atoms with E-state index in [4.69, 9.17) is 10.5 Å². The monoisotopic (exact) mass is 240 g/mol. The zero-order valence-electron chi connectivity index (χ0n) is 11.6. The fourth-order valence-corrected chi connectivity index (χ4v) is 3.51. The third-order valence-electron chi connectivity index (χ3n) is 4.68. The number of nitrogens with zero attached hydrogens (tertiary/aromatic N) is 1. The summed E-state index contributed by atoms with van der Waals surface area (Å²) >= 11 is 0. The Kier molecular flexibility index (Phi) is 4.11. The van der Waals surface area contributed by atoms with Crippen LogP contribution in [0.25, 0.3) is 0 Å². The number of ether oxygens (including phenoxy) is 1. The second-order valence-corrected chi connectivity index (χ2v) is 6.27. The van der Waals surface area contributed by atoms with Crippen LogP contribution in [0.4, 0.5) is 0 Å². The Labute approximate surface area is 106 Å². The quantitative estimate of drug-likeness (QED) is 0.802. The highest BCUT2D eigenvalue weighted by molar-refractivity contribution is 4.97. The van der Waals surface area contributed by atoms with Crippen molar-refractivity contribution >= 4 is 0 Å². The second kappa shape index (κ2) is 5.25. The van der Waals surface area contributed by atoms with Crippen molar-refractivity contribution < 1.29 is 4.74 Å². The van der Waals surface area contributed by atoms with E-state index in [2.05, 4.69) is 25.7 Å². The normalized spacial score (nSPS) is 44.8. The van der Waals surface area contributed by atoms with Gasteiger partial charge in [0, 0.05) is 25.2 Å². The van der Waals surface area contributed by atoms with Gasteiger partial charge in [0.25, 0.3) is 0 Å². The van der Waals surface area contributed by atoms with Crippen molar-refractivity contribution in [3.8, 4) is 0 Å². The standard InChI is InChI=1S/C14H28N2O/c1-11-4-6-14(10-15,7-5-11)16-8-12(2)17-13(3)9-16/h11-13H,4-10,15H2,1-3H3/t11?,12-,13+,14?. The lowest BCUT2D eigenvalue weighted by molar-refractivity contribution is -0.109. The molecule has 3 heteroatoms. The van der Waals surface area contributed by atoms with Crippen molar-refractivity contribution in [2.24, 2.45) is 11.7 Å². The minimum atomic E-state index is 0.263. The van der Waals surface area contributed by atoms with E-state index in [1.54, 1.807) is 0 Å². The average molecular weight is 240 g/mol. The van der Waals surface area contributed by atoms with Crippen molar-refractivity contribution in [1.29, 1.82) is 0 Å². The van der Waals surface area contributed by atoms with Crippen molar-refractivity contribution in [2.45, 2.75) is 64.2 Å². The van der Waals surface area contributed by atoms with Crippen molar-refractivity contribution in [2.75, 3.05) is 19.6 Å². The molecule has 0 amide bonds. The van der Waals surface area contributed by atoms with Crippen molar-refractivity contribution in [1.82, 2.24) is 4.90 Å². The molecular formula is C14H28N2O. The Bertz CT molecular complexity index is 239. The van der Waals surface area contributed by atoms with Crippen molar-refractivity contribution in [3.05, 3.63) is 0 Å². The van der Waals surface area contributed by atoms with E-state index < -0.39 is 0 Å². The number of hydrogen-bond acceptors (Lipinski definition) is 3. The molecule has 1 saturated carbocycles. The first-order valence-corrected chi connectivity index (χ1v) is 7.16. The molecule has 17 heavy (non-hydrogen) atoms. The van der Waals surface area contributed by atoms with Crippen LogP contribution >= 0.6 is 0 Å². The zero-order chi connectivity index (χ0) is 12.5. The molecule has 1 aliphatic carbocycles. The van der Waals surface area contributed by atoms with Gasteiger partial charge < -0.3 is 10.5 Å². The molecule has 1 heterocycles. The summed E-state index contributed by atoms with van der Waals surface area (Å²) in [6, 6.07) is 0. The lowest BCUT2D eigenvalue weighted by Crippen LogP contribution is -2.61. The Hall–Kier alpha value is -0.120. The molecule has 2 N–H and O–H groups in total. The minimum Gasteiger partial charge on any atom is -0.373 e. The van der Waals surface area contributed by atoms with Crippen LogP contribution in [-0.2, 0) is 4.74 Å². The highest BCUT2D eigenvalue weighted by Crippen LogP contribution is 2.37. The second-order valence-electron chi connectivity index (χ2n) is 6.27. The molecule has 2 atom stereocenters. The molecule has 3 nitrogen and oxygen atoms in total. The molecule has 0 bridgehead atoms. The summed E-state index contributed by atoms with van der Waals surface area (Å²) in [4.78, 5) is 2.62. The largest absolute Gasteiger partial charge is 0.373 e. The van der Waals surface area contributed by atoms with Gasteiger partial charge in [-0.05, 0) is 45.4 Å². The molecule has 0 aromatic rings. The fourth-order valence-electron chi connectivity index (χ4n) is 3.51. The van der Waals surface area contributed by atoms with Crippen LogP contribution in [0.3, 0.4) is 0 Å². The van der Waals surface area contributed by atoms with Crippen LogP contribution in [0.1, 0.15) is 46.5 Å². The summed E-state index contributed by atoms with van der Waals surface area (Å²) in [6.45, 7) is 9.63. The zero-order valence-corrected chi connectivity index (χ0v) is 11.6. The van der Waals surface area contributed by atoms with Crippen LogP contribution in [-0.4, -0.2) is 42.3 Å². The molecule has 2 rings (SSSR count). The molecular weight excluding hydrogens is 212 g/mol. The number of morpholine rings is 1. The maximum absolute atomic E-state index is 6.12. The van der Waals surface area contributed by atoms with Crippen LogP contribution < -0.4 is 5.73 Å². The van der Waals surface area contributed by atoms with E-state index in [1.807, 2.05) is 0 Å². The smallest absolute Gasteiger partial charge is 0.0678 e. The van der Waals surface area contributed by atoms with Crippen molar-refractivity contribution in [3.63, 3.8) is 0 Å². The Balaban J connectivity index is 2.06. The third kappa shape index (κ3) is 2.83. The van der Waals surface area contributed by atoms with Gasteiger partial charge in [0.15, 0.2) is 0 Å². The van der Waals surface area contributed by atoms with Crippen LogP contribution in [0.5, 0.6) is 0 Å². The summed E-state index contributed by atoms with van der Waals surface area (Å²) in [5.41, 5.74) is 6.39. The number of rotatable bonds is 2. The molecule has 0 aromatic heterocycles. The number of nitrogens with two attached hydrogens (primary N) is 1. The van der Waals surface area contributed by atoms with E-state index in [0.717, 1.165) is 25.6 Å². The van der Waals surface area contributed by atoms with Gasteiger partial charge >= 0.3 is 0 Å². The molecule has 2 aliphatic rings. The van der Waals surface area contributed by atoms with Gasteiger partial charge in [-0.3, -0.25) is 4.90 Å². The van der Waals surface area contributed by atoms with E-state index in [-0.39, 0.29) is 5.54 Å². The third-order valence-corrected chi connectivity index (χ3v) is 4.68. The molecule has 1 saturated heterocycles. The van der Waals surface area contributed by atoms with Crippen LogP contribution in [0.15, 0.2) is 0 Å². The first-order chi connectivity index (χ1) is 8.05. The highest BCUT2D eigenvalue weighted by Gasteiger charge is 2.41. The first kappa shape index (κ1) is 13.3. The van der Waals surface area contributed by atoms with Gasteiger partial charge in [-0.1, -0.05) is 6.92 Å². The van der Waals surface area contributed by atoms with E-state index >= 15 is 0 Å². The molecule has 0 unspecified atom stereocenters.